The van der Waals surface area contributed by atoms with Crippen molar-refractivity contribution in [2.75, 3.05) is 0 Å². The van der Waals surface area contributed by atoms with Gasteiger partial charge in [-0.05, 0) is 67.0 Å². The highest BCUT2D eigenvalue weighted by Gasteiger charge is 2.14. The Bertz CT molecular complexity index is 719. The average Bonchev–Trinajstić information content (AvgIpc) is 2.65. The number of hydrogen-bond donors (Lipinski definition) is 3. The highest BCUT2D eigenvalue weighted by Crippen LogP contribution is 2.25. The summed E-state index contributed by atoms with van der Waals surface area (Å²) in [6, 6.07) is 13.8. The van der Waals surface area contributed by atoms with Crippen LogP contribution < -0.4 is 4.74 Å². The predicted molar refractivity (Wildman–Crippen MR) is 108 cm³/mol. The van der Waals surface area contributed by atoms with E-state index >= 15 is 0 Å². The zero-order valence-corrected chi connectivity index (χ0v) is 16.6. The Morgan fingerprint density at radius 1 is 1.00 bits per heavy atom. The molecule has 0 fully saturated rings. The fourth-order valence-corrected chi connectivity index (χ4v) is 3.16. The van der Waals surface area contributed by atoms with Crippen LogP contribution in [0.5, 0.6) is 5.75 Å². The van der Waals surface area contributed by atoms with Crippen LogP contribution >= 0.6 is 0 Å². The molecular formula is C23H32O4. The molecule has 1 atom stereocenters. The molecule has 2 aromatic rings. The molecule has 4 heteroatoms. The molecule has 3 N–H and O–H groups in total. The second-order valence-electron chi connectivity index (χ2n) is 7.89. The van der Waals surface area contributed by atoms with Crippen LogP contribution in [0.3, 0.4) is 0 Å². The Labute approximate surface area is 162 Å². The summed E-state index contributed by atoms with van der Waals surface area (Å²) in [6.07, 6.45) is 2.83. The molecular weight excluding hydrogens is 340 g/mol. The molecule has 2 rings (SSSR count). The lowest BCUT2D eigenvalue weighted by Crippen LogP contribution is -2.18. The van der Waals surface area contributed by atoms with Gasteiger partial charge in [0.2, 0.25) is 0 Å². The maximum atomic E-state index is 9.85. The van der Waals surface area contributed by atoms with Gasteiger partial charge in [0.25, 0.3) is 0 Å². The van der Waals surface area contributed by atoms with Crippen molar-refractivity contribution in [1.82, 2.24) is 0 Å². The number of benzene rings is 2. The summed E-state index contributed by atoms with van der Waals surface area (Å²) in [4.78, 5) is 0. The zero-order valence-electron chi connectivity index (χ0n) is 16.6. The van der Waals surface area contributed by atoms with Gasteiger partial charge in [0.05, 0.1) is 18.8 Å². The summed E-state index contributed by atoms with van der Waals surface area (Å²) in [5.41, 5.74) is 3.17. The molecule has 0 amide bonds. The van der Waals surface area contributed by atoms with Crippen molar-refractivity contribution in [3.63, 3.8) is 0 Å². The number of aliphatic hydroxyl groups excluding tert-OH is 2. The molecule has 148 valence electrons. The van der Waals surface area contributed by atoms with E-state index in [0.29, 0.717) is 29.4 Å². The van der Waals surface area contributed by atoms with Crippen molar-refractivity contribution in [2.45, 2.75) is 71.4 Å². The van der Waals surface area contributed by atoms with Crippen LogP contribution in [-0.4, -0.2) is 20.9 Å². The van der Waals surface area contributed by atoms with E-state index in [1.54, 1.807) is 12.1 Å². The van der Waals surface area contributed by atoms with E-state index in [-0.39, 0.29) is 13.2 Å². The average molecular weight is 373 g/mol. The summed E-state index contributed by atoms with van der Waals surface area (Å²) in [7, 11) is 0. The molecule has 2 aromatic carbocycles. The molecule has 0 saturated heterocycles. The number of hydrogen-bond acceptors (Lipinski definition) is 4. The van der Waals surface area contributed by atoms with Gasteiger partial charge in [-0.15, -0.1) is 0 Å². The first-order valence-corrected chi connectivity index (χ1v) is 9.60. The molecule has 27 heavy (non-hydrogen) atoms. The fourth-order valence-electron chi connectivity index (χ4n) is 3.16. The molecule has 0 aliphatic heterocycles. The maximum Gasteiger partial charge on any atom is 0.120 e. The first kappa shape index (κ1) is 21.4. The standard InChI is InChI=1S/C23H32O4/c1-17(6-5-11-23(2,3)26)19-8-4-7-18(12-19)16-27-22-10-9-20(14-24)21(13-22)15-25/h4,7-10,12-13,17,24-26H,5-6,11,14-16H2,1-3H3. The van der Waals surface area contributed by atoms with Crippen LogP contribution in [-0.2, 0) is 19.8 Å². The molecule has 0 spiro atoms. The molecule has 0 aliphatic carbocycles. The van der Waals surface area contributed by atoms with Gasteiger partial charge in [0, 0.05) is 0 Å². The second-order valence-corrected chi connectivity index (χ2v) is 7.89. The van der Waals surface area contributed by atoms with Gasteiger partial charge in [0.1, 0.15) is 12.4 Å². The highest BCUT2D eigenvalue weighted by molar-refractivity contribution is 5.35. The van der Waals surface area contributed by atoms with E-state index in [1.807, 2.05) is 26.0 Å². The van der Waals surface area contributed by atoms with Crippen molar-refractivity contribution in [1.29, 1.82) is 0 Å². The van der Waals surface area contributed by atoms with Gasteiger partial charge in [0.15, 0.2) is 0 Å². The predicted octanol–water partition coefficient (Wildman–Crippen LogP) is 4.29. The first-order chi connectivity index (χ1) is 12.8. The molecule has 0 bridgehead atoms. The minimum atomic E-state index is -0.603. The van der Waals surface area contributed by atoms with Crippen LogP contribution in [0.1, 0.15) is 68.2 Å². The summed E-state index contributed by atoms with van der Waals surface area (Å²) in [5, 5.41) is 28.5. The minimum absolute atomic E-state index is 0.0937. The molecule has 4 nitrogen and oxygen atoms in total. The Balaban J connectivity index is 1.95. The fraction of sp³-hybridized carbons (Fsp3) is 0.478. The lowest BCUT2D eigenvalue weighted by atomic mass is 9.91. The van der Waals surface area contributed by atoms with Crippen LogP contribution in [0.15, 0.2) is 42.5 Å². The zero-order chi connectivity index (χ0) is 19.9. The van der Waals surface area contributed by atoms with Gasteiger partial charge in [-0.1, -0.05) is 43.7 Å². The van der Waals surface area contributed by atoms with E-state index in [0.717, 1.165) is 24.8 Å². The summed E-state index contributed by atoms with van der Waals surface area (Å²) in [6.45, 7) is 6.16. The van der Waals surface area contributed by atoms with Gasteiger partial charge >= 0.3 is 0 Å². The Hall–Kier alpha value is -1.88. The van der Waals surface area contributed by atoms with Crippen LogP contribution in [0.4, 0.5) is 0 Å². The number of aliphatic hydroxyl groups is 3. The molecule has 0 radical (unpaired) electrons. The first-order valence-electron chi connectivity index (χ1n) is 9.60. The van der Waals surface area contributed by atoms with Crippen LogP contribution in [0.2, 0.25) is 0 Å². The molecule has 0 aliphatic rings. The van der Waals surface area contributed by atoms with Gasteiger partial charge in [-0.3, -0.25) is 0 Å². The Morgan fingerprint density at radius 3 is 2.41 bits per heavy atom. The normalized spacial score (nSPS) is 12.8. The minimum Gasteiger partial charge on any atom is -0.489 e. The van der Waals surface area contributed by atoms with Gasteiger partial charge in [-0.25, -0.2) is 0 Å². The topological polar surface area (TPSA) is 69.9 Å². The van der Waals surface area contributed by atoms with Crippen LogP contribution in [0, 0.1) is 0 Å². The third kappa shape index (κ3) is 6.98. The van der Waals surface area contributed by atoms with Crippen molar-refractivity contribution in [3.8, 4) is 5.75 Å². The van der Waals surface area contributed by atoms with Crippen LogP contribution in [0.25, 0.3) is 0 Å². The van der Waals surface area contributed by atoms with E-state index < -0.39 is 5.60 Å². The second kappa shape index (κ2) is 9.88. The third-order valence-electron chi connectivity index (χ3n) is 4.87. The molecule has 1 unspecified atom stereocenters. The molecule has 0 saturated carbocycles. The van der Waals surface area contributed by atoms with E-state index in [9.17, 15) is 15.3 Å². The quantitative estimate of drug-likeness (QED) is 0.582. The van der Waals surface area contributed by atoms with E-state index in [1.165, 1.54) is 5.56 Å². The molecule has 0 aromatic heterocycles. The van der Waals surface area contributed by atoms with Crippen molar-refractivity contribution < 1.29 is 20.1 Å². The lowest BCUT2D eigenvalue weighted by Gasteiger charge is -2.19. The Kier molecular flexibility index (Phi) is 7.84. The van der Waals surface area contributed by atoms with Gasteiger partial charge in [-0.2, -0.15) is 0 Å². The largest absolute Gasteiger partial charge is 0.489 e. The van der Waals surface area contributed by atoms with Crippen molar-refractivity contribution in [3.05, 3.63) is 64.7 Å². The summed E-state index contributed by atoms with van der Waals surface area (Å²) < 4.78 is 5.87. The molecule has 0 heterocycles. The Morgan fingerprint density at radius 2 is 1.74 bits per heavy atom. The monoisotopic (exact) mass is 372 g/mol. The highest BCUT2D eigenvalue weighted by atomic mass is 16.5. The van der Waals surface area contributed by atoms with E-state index in [2.05, 4.69) is 25.1 Å². The lowest BCUT2D eigenvalue weighted by molar-refractivity contribution is 0.0678. The SMILES string of the molecule is CC(CCCC(C)(C)O)c1cccc(COc2ccc(CO)c(CO)c2)c1. The van der Waals surface area contributed by atoms with Gasteiger partial charge < -0.3 is 20.1 Å². The smallest absolute Gasteiger partial charge is 0.120 e. The summed E-state index contributed by atoms with van der Waals surface area (Å²) in [5.74, 6) is 1.11. The summed E-state index contributed by atoms with van der Waals surface area (Å²) >= 11 is 0. The number of rotatable bonds is 10. The third-order valence-corrected chi connectivity index (χ3v) is 4.87. The van der Waals surface area contributed by atoms with Crippen molar-refractivity contribution >= 4 is 0 Å². The number of ether oxygens (including phenoxy) is 1. The van der Waals surface area contributed by atoms with E-state index in [4.69, 9.17) is 4.74 Å². The maximum absolute atomic E-state index is 9.85. The van der Waals surface area contributed by atoms with Crippen molar-refractivity contribution in [2.24, 2.45) is 0 Å².